The number of allylic oxidation sites excluding steroid dienone is 2. The number of nitrogens with zero attached hydrogens (tertiary/aromatic N) is 2. The number of Topliss-reactive ketones (excluding diaryl/α,β-unsaturated/α-hetero) is 1. The lowest BCUT2D eigenvalue weighted by molar-refractivity contribution is -0.114. The van der Waals surface area contributed by atoms with Crippen molar-refractivity contribution in [2.24, 2.45) is 0 Å². The molecule has 0 aromatic rings. The maximum atomic E-state index is 11.9. The summed E-state index contributed by atoms with van der Waals surface area (Å²) in [5, 5.41) is 19.2. The van der Waals surface area contributed by atoms with Gasteiger partial charge in [-0.25, -0.2) is 0 Å². The lowest BCUT2D eigenvalue weighted by atomic mass is 10.1. The van der Waals surface area contributed by atoms with E-state index in [0.717, 1.165) is 6.21 Å². The van der Waals surface area contributed by atoms with Gasteiger partial charge in [0, 0.05) is 45.0 Å². The molecule has 0 aromatic heterocycles. The first-order chi connectivity index (χ1) is 8.46. The van der Waals surface area contributed by atoms with Gasteiger partial charge < -0.3 is 15.6 Å². The average molecular weight is 313 g/mol. The van der Waals surface area contributed by atoms with E-state index >= 15 is 0 Å². The van der Waals surface area contributed by atoms with Crippen molar-refractivity contribution in [3.05, 3.63) is 22.0 Å². The largest absolute Gasteiger partial charge is 0.382 e. The van der Waals surface area contributed by atoms with E-state index in [1.165, 1.54) is 6.20 Å². The van der Waals surface area contributed by atoms with E-state index in [4.69, 9.17) is 10.7 Å². The molecule has 0 aliphatic carbocycles. The third kappa shape index (κ3) is 5.64. The van der Waals surface area contributed by atoms with Gasteiger partial charge in [-0.15, -0.1) is 0 Å². The zero-order chi connectivity index (χ0) is 14.1. The Balaban J connectivity index is 4.99. The van der Waals surface area contributed by atoms with Gasteiger partial charge in [-0.05, 0) is 22.9 Å². The highest BCUT2D eigenvalue weighted by atomic mass is 79.9. The number of halogens is 1. The minimum atomic E-state index is -0.306. The summed E-state index contributed by atoms with van der Waals surface area (Å²) in [6.07, 6.45) is 2.60. The Labute approximate surface area is 116 Å². The van der Waals surface area contributed by atoms with Gasteiger partial charge in [0.25, 0.3) is 0 Å². The number of hydrogen-bond acceptors (Lipinski definition) is 5. The highest BCUT2D eigenvalue weighted by Crippen LogP contribution is 2.13. The number of nitrogens with one attached hydrogen (secondary N) is 2. The monoisotopic (exact) mass is 312 g/mol. The normalized spacial score (nSPS) is 12.3. The predicted octanol–water partition coefficient (Wildman–Crippen LogP) is 1.78. The van der Waals surface area contributed by atoms with Gasteiger partial charge in [-0.2, -0.15) is 5.26 Å². The Bertz CT molecular complexity index is 418. The number of hydrogen-bond donors (Lipinski definition) is 2. The van der Waals surface area contributed by atoms with Gasteiger partial charge >= 0.3 is 0 Å². The molecule has 0 aliphatic rings. The Kier molecular flexibility index (Phi) is 7.72. The summed E-state index contributed by atoms with van der Waals surface area (Å²) in [6, 6.07) is 1.87. The second-order valence-corrected chi connectivity index (χ2v) is 4.53. The fraction of sp³-hybridized carbons (Fsp3) is 0.417. The maximum absolute atomic E-state index is 11.9. The number of carbonyl (C=O) groups excluding carboxylic acids is 1. The third-order valence-corrected chi connectivity index (χ3v) is 2.74. The van der Waals surface area contributed by atoms with Gasteiger partial charge in [-0.3, -0.25) is 4.79 Å². The molecular weight excluding hydrogens is 296 g/mol. The van der Waals surface area contributed by atoms with Gasteiger partial charge in [0.1, 0.15) is 11.6 Å². The average Bonchev–Trinajstić information content (AvgIpc) is 2.32. The van der Waals surface area contributed by atoms with Crippen LogP contribution in [0.5, 0.6) is 0 Å². The molecule has 5 nitrogen and oxygen atoms in total. The van der Waals surface area contributed by atoms with E-state index in [1.807, 2.05) is 13.0 Å². The second-order valence-electron chi connectivity index (χ2n) is 3.73. The minimum absolute atomic E-state index is 0.0182. The molecule has 0 spiro atoms. The van der Waals surface area contributed by atoms with Gasteiger partial charge in [0.2, 0.25) is 0 Å². The highest BCUT2D eigenvalue weighted by Gasteiger charge is 2.13. The third-order valence-electron chi connectivity index (χ3n) is 1.95. The van der Waals surface area contributed by atoms with Crippen molar-refractivity contribution in [2.75, 3.05) is 20.6 Å². The summed E-state index contributed by atoms with van der Waals surface area (Å²) in [7, 11) is 3.49. The minimum Gasteiger partial charge on any atom is -0.382 e. The summed E-state index contributed by atoms with van der Waals surface area (Å²) < 4.78 is 0.607. The summed E-state index contributed by atoms with van der Waals surface area (Å²) in [5.41, 5.74) is 0.595. The molecule has 0 saturated carbocycles. The topological polar surface area (TPSA) is 80.0 Å². The van der Waals surface area contributed by atoms with Crippen LogP contribution in [0.1, 0.15) is 13.3 Å². The van der Waals surface area contributed by atoms with Crippen molar-refractivity contribution in [1.29, 1.82) is 10.7 Å². The molecule has 0 heterocycles. The van der Waals surface area contributed by atoms with Crippen molar-refractivity contribution in [3.63, 3.8) is 0 Å². The molecule has 0 bridgehead atoms. The van der Waals surface area contributed by atoms with Gasteiger partial charge in [0.05, 0.1) is 4.61 Å². The number of rotatable bonds is 7. The Hall–Kier alpha value is -1.61. The van der Waals surface area contributed by atoms with Crippen LogP contribution in [-0.2, 0) is 4.79 Å². The van der Waals surface area contributed by atoms with Crippen LogP contribution in [-0.4, -0.2) is 37.5 Å². The molecule has 0 fully saturated rings. The predicted molar refractivity (Wildman–Crippen MR) is 75.4 cm³/mol. The van der Waals surface area contributed by atoms with Crippen molar-refractivity contribution in [2.45, 2.75) is 13.3 Å². The molecule has 18 heavy (non-hydrogen) atoms. The van der Waals surface area contributed by atoms with Crippen LogP contribution in [0.4, 0.5) is 0 Å². The molecule has 98 valence electrons. The first-order valence-electron chi connectivity index (χ1n) is 5.40. The van der Waals surface area contributed by atoms with Crippen LogP contribution in [0, 0.1) is 16.7 Å². The smallest absolute Gasteiger partial charge is 0.179 e. The van der Waals surface area contributed by atoms with E-state index in [-0.39, 0.29) is 17.8 Å². The fourth-order valence-electron chi connectivity index (χ4n) is 1.15. The molecule has 0 aromatic carbocycles. The highest BCUT2D eigenvalue weighted by molar-refractivity contribution is 9.11. The van der Waals surface area contributed by atoms with E-state index in [9.17, 15) is 4.79 Å². The summed E-state index contributed by atoms with van der Waals surface area (Å²) in [5.74, 6) is -0.306. The molecular formula is C12H17BrN4O. The fourth-order valence-corrected chi connectivity index (χ4v) is 1.69. The Morgan fingerprint density at radius 3 is 2.56 bits per heavy atom. The van der Waals surface area contributed by atoms with Gasteiger partial charge in [0.15, 0.2) is 5.78 Å². The van der Waals surface area contributed by atoms with Crippen LogP contribution in [0.25, 0.3) is 0 Å². The number of ketones is 1. The molecule has 0 amide bonds. The first kappa shape index (κ1) is 16.4. The lowest BCUT2D eigenvalue weighted by Crippen LogP contribution is -2.14. The quantitative estimate of drug-likeness (QED) is 0.325. The van der Waals surface area contributed by atoms with Crippen LogP contribution >= 0.6 is 15.9 Å². The van der Waals surface area contributed by atoms with Crippen molar-refractivity contribution < 1.29 is 4.79 Å². The number of nitriles is 1. The summed E-state index contributed by atoms with van der Waals surface area (Å²) in [4.78, 5) is 13.5. The SMILES string of the molecule is CCN/C(Br)=C(\C=N)CC(=O)/C(C#N)=C/N(C)C. The van der Waals surface area contributed by atoms with Crippen molar-refractivity contribution in [1.82, 2.24) is 10.2 Å². The van der Waals surface area contributed by atoms with Crippen LogP contribution < -0.4 is 5.32 Å². The number of carbonyl (C=O) groups is 1. The Morgan fingerprint density at radius 2 is 2.17 bits per heavy atom. The lowest BCUT2D eigenvalue weighted by Gasteiger charge is -2.08. The molecule has 0 atom stereocenters. The molecule has 0 rings (SSSR count). The van der Waals surface area contributed by atoms with E-state index in [1.54, 1.807) is 19.0 Å². The van der Waals surface area contributed by atoms with E-state index in [2.05, 4.69) is 21.2 Å². The van der Waals surface area contributed by atoms with Crippen LogP contribution in [0.3, 0.4) is 0 Å². The maximum Gasteiger partial charge on any atom is 0.179 e. The zero-order valence-electron chi connectivity index (χ0n) is 10.7. The standard InChI is InChI=1S/C12H17BrN4O/c1-4-16-12(13)9(6-14)5-11(18)10(7-15)8-17(2)3/h6,8,14,16H,4-5H2,1-3H3/b10-8+,12-9-,14-6?. The molecule has 0 saturated heterocycles. The van der Waals surface area contributed by atoms with Crippen LogP contribution in [0.2, 0.25) is 0 Å². The van der Waals surface area contributed by atoms with Gasteiger partial charge in [-0.1, -0.05) is 0 Å². The molecule has 0 unspecified atom stereocenters. The molecule has 0 aliphatic heterocycles. The van der Waals surface area contributed by atoms with Crippen molar-refractivity contribution in [3.8, 4) is 6.07 Å². The molecule has 6 heteroatoms. The summed E-state index contributed by atoms with van der Waals surface area (Å²) in [6.45, 7) is 2.60. The second kappa shape index (κ2) is 8.48. The zero-order valence-corrected chi connectivity index (χ0v) is 12.3. The molecule has 2 N–H and O–H groups in total. The van der Waals surface area contributed by atoms with Crippen molar-refractivity contribution >= 4 is 27.9 Å². The van der Waals surface area contributed by atoms with E-state index in [0.29, 0.717) is 16.7 Å². The summed E-state index contributed by atoms with van der Waals surface area (Å²) >= 11 is 3.27. The molecule has 0 radical (unpaired) electrons. The van der Waals surface area contributed by atoms with Crippen LogP contribution in [0.15, 0.2) is 22.0 Å². The first-order valence-corrected chi connectivity index (χ1v) is 6.20. The van der Waals surface area contributed by atoms with E-state index < -0.39 is 0 Å². The Morgan fingerprint density at radius 1 is 1.56 bits per heavy atom.